The van der Waals surface area contributed by atoms with Crippen LogP contribution >= 0.6 is 0 Å². The number of fused-ring (bicyclic) bond motifs is 1. The van der Waals surface area contributed by atoms with Gasteiger partial charge in [-0.05, 0) is 12.1 Å². The second-order valence-corrected chi connectivity index (χ2v) is 6.24. The minimum absolute atomic E-state index is 0.0606. The lowest BCUT2D eigenvalue weighted by atomic mass is 10.2. The molecule has 0 radical (unpaired) electrons. The van der Waals surface area contributed by atoms with E-state index in [-0.39, 0.29) is 11.4 Å². The standard InChI is InChI=1S/C14H14N2O4S/c1-2-8-16(10-14(17)18)21(19,20)13-5-3-4-11-9-15-7-6-12(11)13/h2-7,9H,1,8,10H2,(H,17,18). The Bertz CT molecular complexity index is 781. The van der Waals surface area contributed by atoms with E-state index < -0.39 is 22.5 Å². The van der Waals surface area contributed by atoms with Gasteiger partial charge >= 0.3 is 5.97 Å². The number of nitrogens with zero attached hydrogens (tertiary/aromatic N) is 2. The Hall–Kier alpha value is -2.25. The molecule has 0 spiro atoms. The van der Waals surface area contributed by atoms with E-state index in [1.165, 1.54) is 18.3 Å². The number of carboxylic acid groups (broad SMARTS) is 1. The summed E-state index contributed by atoms with van der Waals surface area (Å²) in [6.07, 6.45) is 4.41. The van der Waals surface area contributed by atoms with Gasteiger partial charge < -0.3 is 5.11 Å². The highest BCUT2D eigenvalue weighted by atomic mass is 32.2. The lowest BCUT2D eigenvalue weighted by molar-refractivity contribution is -0.137. The van der Waals surface area contributed by atoms with E-state index in [1.807, 2.05) is 0 Å². The Morgan fingerprint density at radius 2 is 2.14 bits per heavy atom. The summed E-state index contributed by atoms with van der Waals surface area (Å²) in [5.74, 6) is -1.22. The van der Waals surface area contributed by atoms with Gasteiger partial charge in [-0.15, -0.1) is 6.58 Å². The maximum Gasteiger partial charge on any atom is 0.318 e. The van der Waals surface area contributed by atoms with Gasteiger partial charge in [0, 0.05) is 29.7 Å². The molecule has 0 bridgehead atoms. The van der Waals surface area contributed by atoms with Crippen molar-refractivity contribution in [1.29, 1.82) is 0 Å². The quantitative estimate of drug-likeness (QED) is 0.817. The largest absolute Gasteiger partial charge is 0.480 e. The first kappa shape index (κ1) is 15.1. The molecular formula is C14H14N2O4S. The molecular weight excluding hydrogens is 292 g/mol. The minimum atomic E-state index is -3.93. The molecule has 0 unspecified atom stereocenters. The average molecular weight is 306 g/mol. The SMILES string of the molecule is C=CCN(CC(=O)O)S(=O)(=O)c1cccc2cnccc12. The Morgan fingerprint density at radius 1 is 1.38 bits per heavy atom. The summed E-state index contributed by atoms with van der Waals surface area (Å²) >= 11 is 0. The Labute approximate surface area is 122 Å². The zero-order valence-corrected chi connectivity index (χ0v) is 12.0. The number of rotatable bonds is 6. The fourth-order valence-electron chi connectivity index (χ4n) is 2.00. The van der Waals surface area contributed by atoms with Crippen LogP contribution in [0.5, 0.6) is 0 Å². The number of benzene rings is 1. The van der Waals surface area contributed by atoms with Gasteiger partial charge in [-0.25, -0.2) is 8.42 Å². The fraction of sp³-hybridized carbons (Fsp3) is 0.143. The van der Waals surface area contributed by atoms with Gasteiger partial charge in [0.25, 0.3) is 0 Å². The van der Waals surface area contributed by atoms with Crippen LogP contribution in [0.3, 0.4) is 0 Å². The van der Waals surface area contributed by atoms with Gasteiger partial charge in [0.05, 0.1) is 4.90 Å². The topological polar surface area (TPSA) is 87.6 Å². The predicted octanol–water partition coefficient (Wildman–Crippen LogP) is 1.50. The summed E-state index contributed by atoms with van der Waals surface area (Å²) in [4.78, 5) is 14.9. The molecule has 2 aromatic rings. The first-order chi connectivity index (χ1) is 9.96. The van der Waals surface area contributed by atoms with Crippen molar-refractivity contribution in [1.82, 2.24) is 9.29 Å². The van der Waals surface area contributed by atoms with Crippen molar-refractivity contribution < 1.29 is 18.3 Å². The maximum absolute atomic E-state index is 12.7. The first-order valence-electron chi connectivity index (χ1n) is 6.12. The van der Waals surface area contributed by atoms with Gasteiger partial charge in [-0.2, -0.15) is 4.31 Å². The van der Waals surface area contributed by atoms with E-state index in [1.54, 1.807) is 24.4 Å². The van der Waals surface area contributed by atoms with Gasteiger partial charge in [0.15, 0.2) is 0 Å². The van der Waals surface area contributed by atoms with Gasteiger partial charge in [-0.1, -0.05) is 18.2 Å². The molecule has 7 heteroatoms. The molecule has 1 heterocycles. The van der Waals surface area contributed by atoms with Crippen molar-refractivity contribution in [3.8, 4) is 0 Å². The first-order valence-corrected chi connectivity index (χ1v) is 7.56. The van der Waals surface area contributed by atoms with Crippen LogP contribution in [-0.2, 0) is 14.8 Å². The normalized spacial score (nSPS) is 11.7. The lowest BCUT2D eigenvalue weighted by Crippen LogP contribution is -2.35. The van der Waals surface area contributed by atoms with Crippen molar-refractivity contribution in [2.45, 2.75) is 4.90 Å². The molecule has 21 heavy (non-hydrogen) atoms. The van der Waals surface area contributed by atoms with Crippen molar-refractivity contribution in [3.05, 3.63) is 49.3 Å². The molecule has 0 amide bonds. The zero-order valence-electron chi connectivity index (χ0n) is 11.1. The third-order valence-electron chi connectivity index (χ3n) is 2.90. The number of carboxylic acids is 1. The van der Waals surface area contributed by atoms with Crippen LogP contribution in [0.4, 0.5) is 0 Å². The molecule has 110 valence electrons. The van der Waals surface area contributed by atoms with Crippen molar-refractivity contribution in [2.75, 3.05) is 13.1 Å². The van der Waals surface area contributed by atoms with Gasteiger partial charge in [-0.3, -0.25) is 9.78 Å². The second kappa shape index (κ2) is 6.02. The van der Waals surface area contributed by atoms with Crippen LogP contribution in [0.25, 0.3) is 10.8 Å². The van der Waals surface area contributed by atoms with Crippen LogP contribution in [-0.4, -0.2) is 41.9 Å². The summed E-state index contributed by atoms with van der Waals surface area (Å²) in [5, 5.41) is 10.1. The monoisotopic (exact) mass is 306 g/mol. The Kier molecular flexibility index (Phi) is 4.35. The molecule has 1 N–H and O–H groups in total. The van der Waals surface area contributed by atoms with Crippen molar-refractivity contribution in [2.24, 2.45) is 0 Å². The number of pyridine rings is 1. The van der Waals surface area contributed by atoms with E-state index in [4.69, 9.17) is 5.11 Å². The molecule has 0 aliphatic heterocycles. The average Bonchev–Trinajstić information content (AvgIpc) is 2.45. The van der Waals surface area contributed by atoms with Gasteiger partial charge in [0.2, 0.25) is 10.0 Å². The summed E-state index contributed by atoms with van der Waals surface area (Å²) in [6, 6.07) is 6.39. The van der Waals surface area contributed by atoms with E-state index in [0.29, 0.717) is 10.8 Å². The highest BCUT2D eigenvalue weighted by molar-refractivity contribution is 7.89. The molecule has 1 aromatic heterocycles. The highest BCUT2D eigenvalue weighted by Crippen LogP contribution is 2.25. The molecule has 0 saturated heterocycles. The predicted molar refractivity (Wildman–Crippen MR) is 78.3 cm³/mol. The number of aliphatic carboxylic acids is 1. The minimum Gasteiger partial charge on any atom is -0.480 e. The lowest BCUT2D eigenvalue weighted by Gasteiger charge is -2.19. The molecule has 0 aliphatic rings. The van der Waals surface area contributed by atoms with E-state index >= 15 is 0 Å². The fourth-order valence-corrected chi connectivity index (χ4v) is 3.57. The Morgan fingerprint density at radius 3 is 2.81 bits per heavy atom. The zero-order chi connectivity index (χ0) is 15.5. The third kappa shape index (κ3) is 3.09. The summed E-state index contributed by atoms with van der Waals surface area (Å²) in [6.45, 7) is 2.78. The molecule has 0 atom stereocenters. The van der Waals surface area contributed by atoms with Crippen LogP contribution in [0, 0.1) is 0 Å². The molecule has 2 rings (SSSR count). The van der Waals surface area contributed by atoms with Crippen molar-refractivity contribution >= 4 is 26.8 Å². The number of sulfonamides is 1. The van der Waals surface area contributed by atoms with Crippen LogP contribution in [0.2, 0.25) is 0 Å². The second-order valence-electron chi connectivity index (χ2n) is 4.33. The molecule has 0 fully saturated rings. The molecule has 6 nitrogen and oxygen atoms in total. The van der Waals surface area contributed by atoms with E-state index in [0.717, 1.165) is 4.31 Å². The van der Waals surface area contributed by atoms with Crippen LogP contribution in [0.1, 0.15) is 0 Å². The molecule has 0 saturated carbocycles. The Balaban J connectivity index is 2.59. The van der Waals surface area contributed by atoms with E-state index in [9.17, 15) is 13.2 Å². The van der Waals surface area contributed by atoms with Crippen molar-refractivity contribution in [3.63, 3.8) is 0 Å². The summed E-state index contributed by atoms with van der Waals surface area (Å²) in [7, 11) is -3.93. The molecule has 1 aromatic carbocycles. The summed E-state index contributed by atoms with van der Waals surface area (Å²) in [5.41, 5.74) is 0. The number of carbonyl (C=O) groups is 1. The number of hydrogen-bond acceptors (Lipinski definition) is 4. The third-order valence-corrected chi connectivity index (χ3v) is 4.77. The number of hydrogen-bond donors (Lipinski definition) is 1. The van der Waals surface area contributed by atoms with Crippen LogP contribution < -0.4 is 0 Å². The smallest absolute Gasteiger partial charge is 0.318 e. The molecule has 0 aliphatic carbocycles. The highest BCUT2D eigenvalue weighted by Gasteiger charge is 2.27. The summed E-state index contributed by atoms with van der Waals surface area (Å²) < 4.78 is 26.2. The number of aromatic nitrogens is 1. The maximum atomic E-state index is 12.7. The van der Waals surface area contributed by atoms with Gasteiger partial charge in [0.1, 0.15) is 6.54 Å². The van der Waals surface area contributed by atoms with Crippen LogP contribution in [0.15, 0.2) is 54.2 Å². The van der Waals surface area contributed by atoms with E-state index in [2.05, 4.69) is 11.6 Å².